The van der Waals surface area contributed by atoms with Gasteiger partial charge in [0, 0.05) is 0 Å². The fourth-order valence-corrected chi connectivity index (χ4v) is 3.77. The SMILES string of the molecule is CCCCCC1=C(C(C)C2(C)CCC2C)CC1. The van der Waals surface area contributed by atoms with E-state index in [0.717, 1.165) is 11.8 Å². The third-order valence-electron chi connectivity index (χ3n) is 5.99. The maximum absolute atomic E-state index is 2.53. The van der Waals surface area contributed by atoms with Crippen LogP contribution >= 0.6 is 0 Å². The number of rotatable bonds is 6. The Labute approximate surface area is 108 Å². The van der Waals surface area contributed by atoms with Crippen LogP contribution in [0.25, 0.3) is 0 Å². The summed E-state index contributed by atoms with van der Waals surface area (Å²) >= 11 is 0. The highest BCUT2D eigenvalue weighted by atomic mass is 14.5. The lowest BCUT2D eigenvalue weighted by molar-refractivity contribution is 0.0175. The molecule has 0 heteroatoms. The van der Waals surface area contributed by atoms with Crippen molar-refractivity contribution < 1.29 is 0 Å². The van der Waals surface area contributed by atoms with Crippen LogP contribution < -0.4 is 0 Å². The zero-order chi connectivity index (χ0) is 12.5. The fourth-order valence-electron chi connectivity index (χ4n) is 3.77. The molecule has 2 rings (SSSR count). The van der Waals surface area contributed by atoms with Gasteiger partial charge in [-0.2, -0.15) is 0 Å². The van der Waals surface area contributed by atoms with Gasteiger partial charge < -0.3 is 0 Å². The molecule has 1 saturated carbocycles. The van der Waals surface area contributed by atoms with Crippen molar-refractivity contribution >= 4 is 0 Å². The lowest BCUT2D eigenvalue weighted by atomic mass is 9.53. The molecule has 0 saturated heterocycles. The molecule has 0 radical (unpaired) electrons. The van der Waals surface area contributed by atoms with Crippen molar-refractivity contribution in [3.63, 3.8) is 0 Å². The summed E-state index contributed by atoms with van der Waals surface area (Å²) < 4.78 is 0. The summed E-state index contributed by atoms with van der Waals surface area (Å²) in [5, 5.41) is 0. The van der Waals surface area contributed by atoms with Crippen molar-refractivity contribution in [3.05, 3.63) is 11.1 Å². The molecule has 0 bridgehead atoms. The standard InChI is InChI=1S/C17H30/c1-5-6-7-8-15-9-10-16(15)14(3)17(4)12-11-13(17)2/h13-14H,5-12H2,1-4H3. The van der Waals surface area contributed by atoms with Gasteiger partial charge >= 0.3 is 0 Å². The Hall–Kier alpha value is -0.260. The topological polar surface area (TPSA) is 0 Å². The monoisotopic (exact) mass is 234 g/mol. The Balaban J connectivity index is 1.95. The van der Waals surface area contributed by atoms with E-state index in [-0.39, 0.29) is 0 Å². The van der Waals surface area contributed by atoms with E-state index in [2.05, 4.69) is 27.7 Å². The van der Waals surface area contributed by atoms with Crippen LogP contribution in [-0.2, 0) is 0 Å². The number of allylic oxidation sites excluding steroid dienone is 2. The third kappa shape index (κ3) is 2.33. The Morgan fingerprint density at radius 1 is 1.29 bits per heavy atom. The molecule has 0 heterocycles. The van der Waals surface area contributed by atoms with Crippen LogP contribution in [0.4, 0.5) is 0 Å². The summed E-state index contributed by atoms with van der Waals surface area (Å²) in [4.78, 5) is 0. The zero-order valence-corrected chi connectivity index (χ0v) is 12.3. The van der Waals surface area contributed by atoms with E-state index in [9.17, 15) is 0 Å². The second-order valence-corrected chi connectivity index (χ2v) is 6.75. The Morgan fingerprint density at radius 2 is 2.06 bits per heavy atom. The molecule has 98 valence electrons. The highest BCUT2D eigenvalue weighted by Crippen LogP contribution is 2.56. The smallest absolute Gasteiger partial charge is 0.0172 e. The minimum absolute atomic E-state index is 0.631. The lowest BCUT2D eigenvalue weighted by Crippen LogP contribution is -2.42. The Kier molecular flexibility index (Phi) is 4.00. The van der Waals surface area contributed by atoms with Crippen molar-refractivity contribution in [1.82, 2.24) is 0 Å². The number of hydrogen-bond donors (Lipinski definition) is 0. The van der Waals surface area contributed by atoms with Gasteiger partial charge in [-0.1, -0.05) is 51.7 Å². The summed E-state index contributed by atoms with van der Waals surface area (Å²) in [6, 6.07) is 0. The summed E-state index contributed by atoms with van der Waals surface area (Å²) in [5.41, 5.74) is 4.33. The molecule has 3 unspecified atom stereocenters. The van der Waals surface area contributed by atoms with Crippen LogP contribution in [0.15, 0.2) is 11.1 Å². The molecule has 0 spiro atoms. The first-order valence-corrected chi connectivity index (χ1v) is 7.80. The maximum atomic E-state index is 2.53. The van der Waals surface area contributed by atoms with E-state index in [0.29, 0.717) is 5.41 Å². The molecule has 0 amide bonds. The highest BCUT2D eigenvalue weighted by Gasteiger charge is 2.46. The van der Waals surface area contributed by atoms with Gasteiger partial charge in [0.1, 0.15) is 0 Å². The highest BCUT2D eigenvalue weighted by molar-refractivity contribution is 5.28. The summed E-state index contributed by atoms with van der Waals surface area (Å²) in [6.07, 6.45) is 11.3. The van der Waals surface area contributed by atoms with Gasteiger partial charge in [-0.15, -0.1) is 0 Å². The van der Waals surface area contributed by atoms with Gasteiger partial charge in [0.05, 0.1) is 0 Å². The van der Waals surface area contributed by atoms with Gasteiger partial charge in [-0.3, -0.25) is 0 Å². The molecule has 2 aliphatic rings. The number of unbranched alkanes of at least 4 members (excludes halogenated alkanes) is 2. The summed E-state index contributed by atoms with van der Waals surface area (Å²) in [7, 11) is 0. The van der Waals surface area contributed by atoms with Crippen molar-refractivity contribution in [3.8, 4) is 0 Å². The minimum atomic E-state index is 0.631. The Bertz CT molecular complexity index is 299. The molecule has 0 aromatic heterocycles. The predicted octanol–water partition coefficient (Wildman–Crippen LogP) is 5.73. The molecule has 17 heavy (non-hydrogen) atoms. The van der Waals surface area contributed by atoms with E-state index in [4.69, 9.17) is 0 Å². The summed E-state index contributed by atoms with van der Waals surface area (Å²) in [5.74, 6) is 1.80. The molecular weight excluding hydrogens is 204 g/mol. The van der Waals surface area contributed by atoms with E-state index in [1.54, 1.807) is 0 Å². The maximum Gasteiger partial charge on any atom is -0.0172 e. The van der Waals surface area contributed by atoms with Crippen LogP contribution in [0, 0.1) is 17.3 Å². The fraction of sp³-hybridized carbons (Fsp3) is 0.882. The molecule has 1 fully saturated rings. The zero-order valence-electron chi connectivity index (χ0n) is 12.3. The molecule has 3 atom stereocenters. The average molecular weight is 234 g/mol. The first kappa shape index (κ1) is 13.2. The van der Waals surface area contributed by atoms with Crippen molar-refractivity contribution in [1.29, 1.82) is 0 Å². The second kappa shape index (κ2) is 5.16. The van der Waals surface area contributed by atoms with Crippen molar-refractivity contribution in [2.75, 3.05) is 0 Å². The second-order valence-electron chi connectivity index (χ2n) is 6.75. The average Bonchev–Trinajstić information content (AvgIpc) is 2.30. The van der Waals surface area contributed by atoms with Crippen LogP contribution in [0.5, 0.6) is 0 Å². The quantitative estimate of drug-likeness (QED) is 0.407. The van der Waals surface area contributed by atoms with Gasteiger partial charge in [0.25, 0.3) is 0 Å². The minimum Gasteiger partial charge on any atom is -0.0704 e. The molecule has 0 aromatic rings. The molecule has 2 aliphatic carbocycles. The van der Waals surface area contributed by atoms with Crippen LogP contribution in [-0.4, -0.2) is 0 Å². The van der Waals surface area contributed by atoms with Crippen molar-refractivity contribution in [2.45, 2.75) is 79.1 Å². The molecule has 0 aromatic carbocycles. The van der Waals surface area contributed by atoms with E-state index >= 15 is 0 Å². The van der Waals surface area contributed by atoms with E-state index in [1.807, 2.05) is 11.1 Å². The van der Waals surface area contributed by atoms with Crippen LogP contribution in [0.1, 0.15) is 79.1 Å². The first-order valence-electron chi connectivity index (χ1n) is 7.80. The molecule has 0 N–H and O–H groups in total. The van der Waals surface area contributed by atoms with Gasteiger partial charge in [-0.25, -0.2) is 0 Å². The van der Waals surface area contributed by atoms with Crippen molar-refractivity contribution in [2.24, 2.45) is 17.3 Å². The van der Waals surface area contributed by atoms with E-state index in [1.165, 1.54) is 51.4 Å². The van der Waals surface area contributed by atoms with Crippen LogP contribution in [0.2, 0.25) is 0 Å². The lowest BCUT2D eigenvalue weighted by Gasteiger charge is -2.52. The Morgan fingerprint density at radius 3 is 2.47 bits per heavy atom. The largest absolute Gasteiger partial charge is 0.0704 e. The summed E-state index contributed by atoms with van der Waals surface area (Å²) in [6.45, 7) is 9.79. The third-order valence-corrected chi connectivity index (χ3v) is 5.99. The molecule has 0 nitrogen and oxygen atoms in total. The molecule has 0 aliphatic heterocycles. The number of hydrogen-bond acceptors (Lipinski definition) is 0. The molecular formula is C17H30. The van der Waals surface area contributed by atoms with Gasteiger partial charge in [0.15, 0.2) is 0 Å². The van der Waals surface area contributed by atoms with Gasteiger partial charge in [-0.05, 0) is 55.8 Å². The normalized spacial score (nSPS) is 34.2. The van der Waals surface area contributed by atoms with E-state index < -0.39 is 0 Å². The first-order chi connectivity index (χ1) is 8.09. The predicted molar refractivity (Wildman–Crippen MR) is 76.1 cm³/mol. The van der Waals surface area contributed by atoms with Gasteiger partial charge in [0.2, 0.25) is 0 Å². The van der Waals surface area contributed by atoms with Crippen LogP contribution in [0.3, 0.4) is 0 Å².